The number of amides is 2. The molecule has 0 spiro atoms. The van der Waals surface area contributed by atoms with Gasteiger partial charge < -0.3 is 5.32 Å². The standard InChI is InChI=1S/C16H18N4O2/c1-17-16(22)14-10(5-4-8-18-14)9-13-11-6-2-3-7-12(11)15(21)20-19-13/h4-5,8,13H,2-3,6-7,9H2,1H3,(H,17,22). The smallest absolute Gasteiger partial charge is 0.291 e. The largest absolute Gasteiger partial charge is 0.354 e. The molecule has 1 aromatic rings. The molecule has 2 aliphatic rings. The molecule has 0 fully saturated rings. The number of rotatable bonds is 3. The van der Waals surface area contributed by atoms with Crippen LogP contribution in [0.5, 0.6) is 0 Å². The van der Waals surface area contributed by atoms with Gasteiger partial charge in [0, 0.05) is 25.2 Å². The molecule has 1 aliphatic carbocycles. The number of nitrogens with one attached hydrogen (secondary N) is 1. The monoisotopic (exact) mass is 298 g/mol. The maximum atomic E-state index is 11.9. The van der Waals surface area contributed by atoms with Crippen LogP contribution in [0.4, 0.5) is 0 Å². The summed E-state index contributed by atoms with van der Waals surface area (Å²) in [6.07, 6.45) is 5.94. The van der Waals surface area contributed by atoms with Crippen LogP contribution in [0.15, 0.2) is 39.7 Å². The lowest BCUT2D eigenvalue weighted by molar-refractivity contribution is -0.115. The highest BCUT2D eigenvalue weighted by atomic mass is 16.2. The topological polar surface area (TPSA) is 83.8 Å². The van der Waals surface area contributed by atoms with Crippen LogP contribution >= 0.6 is 0 Å². The number of hydrogen-bond donors (Lipinski definition) is 1. The van der Waals surface area contributed by atoms with Gasteiger partial charge in [0.15, 0.2) is 0 Å². The molecule has 1 aromatic heterocycles. The molecule has 6 heteroatoms. The molecule has 0 radical (unpaired) electrons. The third-order valence-electron chi connectivity index (χ3n) is 4.21. The van der Waals surface area contributed by atoms with Crippen molar-refractivity contribution in [2.45, 2.75) is 38.1 Å². The van der Waals surface area contributed by atoms with Gasteiger partial charge in [0.1, 0.15) is 5.69 Å². The van der Waals surface area contributed by atoms with Crippen LogP contribution in [0.2, 0.25) is 0 Å². The highest BCUT2D eigenvalue weighted by molar-refractivity contribution is 5.96. The van der Waals surface area contributed by atoms with Crippen LogP contribution in [0.3, 0.4) is 0 Å². The quantitative estimate of drug-likeness (QED) is 0.928. The SMILES string of the molecule is CNC(=O)c1ncccc1CC1N=NC(=O)C2=C1CCCC2. The number of nitrogens with zero attached hydrogens (tertiary/aromatic N) is 3. The molecule has 1 unspecified atom stereocenters. The molecule has 0 saturated carbocycles. The molecule has 2 heterocycles. The van der Waals surface area contributed by atoms with Gasteiger partial charge in [-0.25, -0.2) is 0 Å². The maximum absolute atomic E-state index is 11.9. The Morgan fingerprint density at radius 2 is 2.18 bits per heavy atom. The number of carbonyl (C=O) groups is 2. The molecule has 3 rings (SSSR count). The van der Waals surface area contributed by atoms with Crippen LogP contribution in [-0.2, 0) is 11.2 Å². The van der Waals surface area contributed by atoms with Crippen molar-refractivity contribution in [1.82, 2.24) is 10.3 Å². The molecule has 6 nitrogen and oxygen atoms in total. The van der Waals surface area contributed by atoms with E-state index < -0.39 is 0 Å². The van der Waals surface area contributed by atoms with Crippen molar-refractivity contribution in [3.63, 3.8) is 0 Å². The fourth-order valence-corrected chi connectivity index (χ4v) is 3.09. The minimum atomic E-state index is -0.211. The van der Waals surface area contributed by atoms with E-state index in [1.165, 1.54) is 0 Å². The van der Waals surface area contributed by atoms with E-state index in [9.17, 15) is 9.59 Å². The number of aromatic nitrogens is 1. The van der Waals surface area contributed by atoms with Crippen molar-refractivity contribution >= 4 is 11.8 Å². The average Bonchev–Trinajstić information content (AvgIpc) is 2.57. The van der Waals surface area contributed by atoms with Gasteiger partial charge in [-0.3, -0.25) is 14.6 Å². The minimum Gasteiger partial charge on any atom is -0.354 e. The second kappa shape index (κ2) is 6.17. The van der Waals surface area contributed by atoms with Crippen molar-refractivity contribution in [1.29, 1.82) is 0 Å². The Morgan fingerprint density at radius 3 is 3.00 bits per heavy atom. The van der Waals surface area contributed by atoms with Crippen LogP contribution in [-0.4, -0.2) is 29.9 Å². The van der Waals surface area contributed by atoms with Crippen LogP contribution < -0.4 is 5.32 Å². The summed E-state index contributed by atoms with van der Waals surface area (Å²) in [6.45, 7) is 0. The van der Waals surface area contributed by atoms with Crippen molar-refractivity contribution in [2.24, 2.45) is 10.2 Å². The van der Waals surface area contributed by atoms with Crippen LogP contribution in [0.1, 0.15) is 41.7 Å². The zero-order valence-corrected chi connectivity index (χ0v) is 12.5. The molecular weight excluding hydrogens is 280 g/mol. The Labute approximate surface area is 128 Å². The predicted octanol–water partition coefficient (Wildman–Crippen LogP) is 2.22. The van der Waals surface area contributed by atoms with Gasteiger partial charge in [0.25, 0.3) is 11.8 Å². The molecular formula is C16H18N4O2. The highest BCUT2D eigenvalue weighted by Crippen LogP contribution is 2.33. The summed E-state index contributed by atoms with van der Waals surface area (Å²) < 4.78 is 0. The third-order valence-corrected chi connectivity index (χ3v) is 4.21. The first-order chi connectivity index (χ1) is 10.7. The van der Waals surface area contributed by atoms with E-state index in [-0.39, 0.29) is 17.9 Å². The van der Waals surface area contributed by atoms with Crippen molar-refractivity contribution in [3.05, 3.63) is 40.7 Å². The second-order valence-electron chi connectivity index (χ2n) is 5.54. The van der Waals surface area contributed by atoms with Gasteiger partial charge in [-0.15, -0.1) is 5.11 Å². The van der Waals surface area contributed by atoms with E-state index in [0.717, 1.165) is 42.4 Å². The van der Waals surface area contributed by atoms with Crippen molar-refractivity contribution in [3.8, 4) is 0 Å². The Morgan fingerprint density at radius 1 is 1.36 bits per heavy atom. The molecule has 0 aromatic carbocycles. The summed E-state index contributed by atoms with van der Waals surface area (Å²) in [6, 6.07) is 3.54. The molecule has 0 saturated heterocycles. The predicted molar refractivity (Wildman–Crippen MR) is 80.5 cm³/mol. The first-order valence-electron chi connectivity index (χ1n) is 7.53. The molecule has 1 atom stereocenters. The first-order valence-corrected chi connectivity index (χ1v) is 7.53. The van der Waals surface area contributed by atoms with Crippen LogP contribution in [0, 0.1) is 0 Å². The average molecular weight is 298 g/mol. The summed E-state index contributed by atoms with van der Waals surface area (Å²) in [5, 5.41) is 10.6. The van der Waals surface area contributed by atoms with E-state index >= 15 is 0 Å². The lowest BCUT2D eigenvalue weighted by Crippen LogP contribution is -2.26. The van der Waals surface area contributed by atoms with Gasteiger partial charge in [-0.2, -0.15) is 5.11 Å². The molecule has 22 heavy (non-hydrogen) atoms. The molecule has 0 bridgehead atoms. The summed E-state index contributed by atoms with van der Waals surface area (Å²) in [5.74, 6) is -0.402. The zero-order valence-electron chi connectivity index (χ0n) is 12.5. The fraction of sp³-hybridized carbons (Fsp3) is 0.438. The fourth-order valence-electron chi connectivity index (χ4n) is 3.09. The number of pyridine rings is 1. The zero-order chi connectivity index (χ0) is 15.5. The van der Waals surface area contributed by atoms with Gasteiger partial charge in [-0.1, -0.05) is 6.07 Å². The van der Waals surface area contributed by atoms with Crippen molar-refractivity contribution < 1.29 is 9.59 Å². The molecule has 114 valence electrons. The maximum Gasteiger partial charge on any atom is 0.291 e. The van der Waals surface area contributed by atoms with E-state index in [1.807, 2.05) is 12.1 Å². The Kier molecular flexibility index (Phi) is 4.09. The van der Waals surface area contributed by atoms with Gasteiger partial charge in [0.05, 0.1) is 6.04 Å². The van der Waals surface area contributed by atoms with E-state index in [4.69, 9.17) is 0 Å². The van der Waals surface area contributed by atoms with Gasteiger partial charge in [0.2, 0.25) is 0 Å². The summed E-state index contributed by atoms with van der Waals surface area (Å²) in [4.78, 5) is 27.9. The minimum absolute atomic E-state index is 0.152. The van der Waals surface area contributed by atoms with Crippen LogP contribution in [0.25, 0.3) is 0 Å². The lowest BCUT2D eigenvalue weighted by Gasteiger charge is -2.26. The van der Waals surface area contributed by atoms with Gasteiger partial charge in [-0.05, 0) is 42.9 Å². The molecule has 1 aliphatic heterocycles. The van der Waals surface area contributed by atoms with Crippen molar-refractivity contribution in [2.75, 3.05) is 7.05 Å². The Bertz CT molecular complexity index is 678. The first kappa shape index (κ1) is 14.6. The summed E-state index contributed by atoms with van der Waals surface area (Å²) in [7, 11) is 1.58. The van der Waals surface area contributed by atoms with E-state index in [0.29, 0.717) is 12.1 Å². The Balaban J connectivity index is 1.90. The summed E-state index contributed by atoms with van der Waals surface area (Å²) in [5.41, 5.74) is 3.17. The van der Waals surface area contributed by atoms with E-state index in [1.54, 1.807) is 13.2 Å². The van der Waals surface area contributed by atoms with Gasteiger partial charge >= 0.3 is 0 Å². The third kappa shape index (κ3) is 2.68. The normalized spacial score (nSPS) is 20.8. The molecule has 1 N–H and O–H groups in total. The second-order valence-corrected chi connectivity index (χ2v) is 5.54. The molecule has 2 amide bonds. The number of carbonyl (C=O) groups excluding carboxylic acids is 2. The summed E-state index contributed by atoms with van der Waals surface area (Å²) >= 11 is 0. The number of azo groups is 1. The highest BCUT2D eigenvalue weighted by Gasteiger charge is 2.29. The lowest BCUT2D eigenvalue weighted by atomic mass is 9.84. The number of hydrogen-bond acceptors (Lipinski definition) is 4. The van der Waals surface area contributed by atoms with E-state index in [2.05, 4.69) is 20.5 Å². The Hall–Kier alpha value is -2.37.